The third-order valence-electron chi connectivity index (χ3n) is 5.72. The average Bonchev–Trinajstić information content (AvgIpc) is 3.09. The Morgan fingerprint density at radius 3 is 2.15 bits per heavy atom. The molecule has 0 heterocycles. The van der Waals surface area contributed by atoms with Gasteiger partial charge in [0.05, 0.1) is 6.42 Å². The Morgan fingerprint density at radius 1 is 1.03 bits per heavy atom. The van der Waals surface area contributed by atoms with E-state index in [1.165, 1.54) is 0 Å². The topological polar surface area (TPSA) is 114 Å². The Bertz CT molecular complexity index is 974. The van der Waals surface area contributed by atoms with Gasteiger partial charge >= 0.3 is 12.1 Å². The van der Waals surface area contributed by atoms with Crippen LogP contribution in [0.4, 0.5) is 4.79 Å². The predicted octanol–water partition coefficient (Wildman–Crippen LogP) is 3.30. The number of aliphatic carboxylic acids is 1. The molecule has 0 aliphatic heterocycles. The Morgan fingerprint density at radius 2 is 1.61 bits per heavy atom. The fourth-order valence-corrected chi connectivity index (χ4v) is 4.01. The first-order valence-corrected chi connectivity index (χ1v) is 10.9. The summed E-state index contributed by atoms with van der Waals surface area (Å²) >= 11 is 0. The van der Waals surface area contributed by atoms with Crippen LogP contribution >= 0.6 is 0 Å². The zero-order chi connectivity index (χ0) is 24.0. The van der Waals surface area contributed by atoms with Crippen molar-refractivity contribution in [2.24, 2.45) is 0 Å². The van der Waals surface area contributed by atoms with Gasteiger partial charge < -0.3 is 25.2 Å². The second-order valence-electron chi connectivity index (χ2n) is 8.74. The molecule has 176 valence electrons. The Hall–Kier alpha value is -3.39. The molecule has 1 atom stereocenters. The number of methoxy groups -OCH3 is 1. The minimum absolute atomic E-state index is 0.0700. The molecule has 1 aliphatic carbocycles. The van der Waals surface area contributed by atoms with Crippen LogP contribution in [0.2, 0.25) is 0 Å². The maximum atomic E-state index is 12.7. The molecule has 0 bridgehead atoms. The van der Waals surface area contributed by atoms with Gasteiger partial charge in [-0.25, -0.2) is 4.79 Å². The number of carboxylic acids is 1. The molecule has 3 N–H and O–H groups in total. The summed E-state index contributed by atoms with van der Waals surface area (Å²) in [6.07, 6.45) is -0.871. The number of carboxylic acid groups (broad SMARTS) is 1. The number of amides is 2. The molecule has 0 spiro atoms. The minimum Gasteiger partial charge on any atom is -0.481 e. The maximum Gasteiger partial charge on any atom is 0.407 e. The molecule has 0 fully saturated rings. The third-order valence-corrected chi connectivity index (χ3v) is 5.72. The molecule has 8 heteroatoms. The van der Waals surface area contributed by atoms with E-state index in [1.807, 2.05) is 48.5 Å². The van der Waals surface area contributed by atoms with E-state index in [-0.39, 0.29) is 12.5 Å². The van der Waals surface area contributed by atoms with E-state index < -0.39 is 36.0 Å². The van der Waals surface area contributed by atoms with E-state index in [4.69, 9.17) is 9.47 Å². The molecule has 0 saturated heterocycles. The number of alkyl carbamates (subject to hydrolysis) is 1. The number of nitrogens with one attached hydrogen (secondary N) is 2. The van der Waals surface area contributed by atoms with Crippen LogP contribution < -0.4 is 10.6 Å². The normalized spacial score (nSPS) is 13.5. The van der Waals surface area contributed by atoms with Gasteiger partial charge in [-0.1, -0.05) is 48.5 Å². The second kappa shape index (κ2) is 10.5. The van der Waals surface area contributed by atoms with Crippen molar-refractivity contribution in [1.29, 1.82) is 0 Å². The number of hydrogen-bond acceptors (Lipinski definition) is 5. The Kier molecular flexibility index (Phi) is 7.71. The molecule has 2 amide bonds. The average molecular weight is 455 g/mol. The fraction of sp³-hybridized carbons (Fsp3) is 0.400. The van der Waals surface area contributed by atoms with Crippen LogP contribution in [0.5, 0.6) is 0 Å². The first-order valence-electron chi connectivity index (χ1n) is 10.9. The molecule has 2 aromatic carbocycles. The van der Waals surface area contributed by atoms with E-state index in [1.54, 1.807) is 21.0 Å². The van der Waals surface area contributed by atoms with Crippen molar-refractivity contribution in [3.05, 3.63) is 59.7 Å². The fourth-order valence-electron chi connectivity index (χ4n) is 4.01. The van der Waals surface area contributed by atoms with Gasteiger partial charge in [-0.15, -0.1) is 0 Å². The van der Waals surface area contributed by atoms with Crippen LogP contribution in [0.25, 0.3) is 11.1 Å². The van der Waals surface area contributed by atoms with Gasteiger partial charge in [0.25, 0.3) is 0 Å². The lowest BCUT2D eigenvalue weighted by molar-refractivity contribution is -0.140. The molecule has 0 aromatic heterocycles. The highest BCUT2D eigenvalue weighted by Crippen LogP contribution is 2.44. The van der Waals surface area contributed by atoms with Crippen molar-refractivity contribution in [3.8, 4) is 11.1 Å². The molecule has 2 aromatic rings. The summed E-state index contributed by atoms with van der Waals surface area (Å²) in [6, 6.07) is 14.6. The van der Waals surface area contributed by atoms with E-state index >= 15 is 0 Å². The number of ether oxygens (including phenoxy) is 2. The summed E-state index contributed by atoms with van der Waals surface area (Å²) in [5, 5.41) is 14.4. The number of carbonyl (C=O) groups excluding carboxylic acids is 2. The van der Waals surface area contributed by atoms with Crippen molar-refractivity contribution in [1.82, 2.24) is 10.6 Å². The van der Waals surface area contributed by atoms with E-state index in [2.05, 4.69) is 10.6 Å². The van der Waals surface area contributed by atoms with E-state index in [0.717, 1.165) is 22.3 Å². The van der Waals surface area contributed by atoms with Gasteiger partial charge in [-0.2, -0.15) is 0 Å². The van der Waals surface area contributed by atoms with Crippen molar-refractivity contribution in [2.45, 2.75) is 44.2 Å². The summed E-state index contributed by atoms with van der Waals surface area (Å²) in [5.74, 6) is -1.93. The number of hydrogen-bond donors (Lipinski definition) is 3. The minimum atomic E-state index is -1.26. The summed E-state index contributed by atoms with van der Waals surface area (Å²) in [4.78, 5) is 36.5. The highest BCUT2D eigenvalue weighted by molar-refractivity contribution is 5.89. The SMILES string of the molecule is COCCC(C)(C)NC(=O)C(CC(=O)O)NC(=O)OCC1c2ccccc2-c2ccccc21. The highest BCUT2D eigenvalue weighted by Gasteiger charge is 2.31. The Labute approximate surface area is 193 Å². The highest BCUT2D eigenvalue weighted by atomic mass is 16.5. The van der Waals surface area contributed by atoms with Crippen molar-refractivity contribution < 1.29 is 29.0 Å². The number of rotatable bonds is 10. The molecule has 33 heavy (non-hydrogen) atoms. The van der Waals surface area contributed by atoms with Gasteiger partial charge in [0.2, 0.25) is 5.91 Å². The zero-order valence-corrected chi connectivity index (χ0v) is 19.1. The number of benzene rings is 2. The van der Waals surface area contributed by atoms with E-state index in [0.29, 0.717) is 13.0 Å². The summed E-state index contributed by atoms with van der Waals surface area (Å²) < 4.78 is 10.5. The smallest absolute Gasteiger partial charge is 0.407 e. The van der Waals surface area contributed by atoms with Crippen LogP contribution in [0.3, 0.4) is 0 Å². The first kappa shape index (κ1) is 24.3. The maximum absolute atomic E-state index is 12.7. The molecule has 3 rings (SSSR count). The van der Waals surface area contributed by atoms with Crippen molar-refractivity contribution in [3.63, 3.8) is 0 Å². The lowest BCUT2D eigenvalue weighted by Gasteiger charge is -2.28. The zero-order valence-electron chi connectivity index (χ0n) is 19.1. The van der Waals surface area contributed by atoms with Crippen LogP contribution in [0.15, 0.2) is 48.5 Å². The molecule has 0 radical (unpaired) electrons. The largest absolute Gasteiger partial charge is 0.481 e. The van der Waals surface area contributed by atoms with Crippen LogP contribution in [-0.4, -0.2) is 55.0 Å². The van der Waals surface area contributed by atoms with Gasteiger partial charge in [0.15, 0.2) is 0 Å². The monoisotopic (exact) mass is 454 g/mol. The molecular formula is C25H30N2O6. The van der Waals surface area contributed by atoms with Crippen molar-refractivity contribution >= 4 is 18.0 Å². The van der Waals surface area contributed by atoms with Gasteiger partial charge in [-0.3, -0.25) is 9.59 Å². The van der Waals surface area contributed by atoms with Crippen molar-refractivity contribution in [2.75, 3.05) is 20.3 Å². The molecule has 1 aliphatic rings. The lowest BCUT2D eigenvalue weighted by Crippen LogP contribution is -2.54. The summed E-state index contributed by atoms with van der Waals surface area (Å²) in [7, 11) is 1.56. The Balaban J connectivity index is 1.65. The van der Waals surface area contributed by atoms with Gasteiger partial charge in [0, 0.05) is 25.2 Å². The molecule has 0 saturated carbocycles. The molecular weight excluding hydrogens is 424 g/mol. The number of fused-ring (bicyclic) bond motifs is 3. The predicted molar refractivity (Wildman–Crippen MR) is 123 cm³/mol. The third kappa shape index (κ3) is 6.10. The number of carbonyl (C=O) groups is 3. The molecule has 8 nitrogen and oxygen atoms in total. The summed E-state index contributed by atoms with van der Waals surface area (Å²) in [5.41, 5.74) is 3.69. The molecule has 1 unspecified atom stereocenters. The van der Waals surface area contributed by atoms with Crippen LogP contribution in [0.1, 0.15) is 43.7 Å². The van der Waals surface area contributed by atoms with Crippen LogP contribution in [0, 0.1) is 0 Å². The first-order chi connectivity index (χ1) is 15.7. The summed E-state index contributed by atoms with van der Waals surface area (Å²) in [6.45, 7) is 4.10. The lowest BCUT2D eigenvalue weighted by atomic mass is 9.98. The standard InChI is InChI=1S/C25H30N2O6/c1-25(2,12-13-32-3)27-23(30)21(14-22(28)29)26-24(31)33-15-20-18-10-6-4-8-16(18)17-9-5-7-11-19(17)20/h4-11,20-21H,12-15H2,1-3H3,(H,26,31)(H,27,30)(H,28,29). The second-order valence-corrected chi connectivity index (χ2v) is 8.74. The van der Waals surface area contributed by atoms with E-state index in [9.17, 15) is 19.5 Å². The van der Waals surface area contributed by atoms with Gasteiger partial charge in [0.1, 0.15) is 12.6 Å². The van der Waals surface area contributed by atoms with Gasteiger partial charge in [-0.05, 0) is 42.5 Å². The quantitative estimate of drug-likeness (QED) is 0.508. The van der Waals surface area contributed by atoms with Crippen LogP contribution in [-0.2, 0) is 19.1 Å².